The number of aliphatic imine (C=N–C) groups is 1. The molecule has 0 aromatic carbocycles. The second-order valence-electron chi connectivity index (χ2n) is 9.36. The third-order valence-corrected chi connectivity index (χ3v) is 5.54. The Morgan fingerprint density at radius 3 is 2.77 bits per heavy atom. The Balaban J connectivity index is 0.00000341. The molecule has 2 aliphatic rings. The van der Waals surface area contributed by atoms with E-state index in [0.717, 1.165) is 75.9 Å². The summed E-state index contributed by atoms with van der Waals surface area (Å²) in [5.74, 6) is 3.20. The SMILES string of the molecule is CN=C(NCCC1CCCN(C(=O)OC(C)(C)C)C1)NC1CCc2nc(C)nn2C1.I. The van der Waals surface area contributed by atoms with Gasteiger partial charge in [-0.2, -0.15) is 5.10 Å². The number of hydrogen-bond acceptors (Lipinski definition) is 5. The predicted molar refractivity (Wildman–Crippen MR) is 132 cm³/mol. The monoisotopic (exact) mass is 547 g/mol. The number of aromatic nitrogens is 3. The summed E-state index contributed by atoms with van der Waals surface area (Å²) < 4.78 is 7.52. The van der Waals surface area contributed by atoms with Crippen LogP contribution in [0.1, 0.15) is 58.1 Å². The maximum Gasteiger partial charge on any atom is 0.410 e. The number of likely N-dealkylation sites (tertiary alicyclic amines) is 1. The fraction of sp³-hybridized carbons (Fsp3) is 0.810. The standard InChI is InChI=1S/C21H37N7O2.HI/c1-15-24-18-9-8-17(14-28(18)26-15)25-19(22-5)23-11-10-16-7-6-12-27(13-16)20(29)30-21(2,3)4;/h16-17H,6-14H2,1-5H3,(H2,22,23,25);1H. The number of nitrogens with zero attached hydrogens (tertiary/aromatic N) is 5. The van der Waals surface area contributed by atoms with Crippen molar-refractivity contribution in [1.29, 1.82) is 0 Å². The molecule has 176 valence electrons. The normalized spacial score (nSPS) is 21.7. The zero-order chi connectivity index (χ0) is 21.7. The molecule has 0 bridgehead atoms. The maximum atomic E-state index is 12.3. The van der Waals surface area contributed by atoms with Gasteiger partial charge in [0.15, 0.2) is 5.96 Å². The predicted octanol–water partition coefficient (Wildman–Crippen LogP) is 2.72. The third-order valence-electron chi connectivity index (χ3n) is 5.54. The van der Waals surface area contributed by atoms with Crippen molar-refractivity contribution in [3.05, 3.63) is 11.6 Å². The van der Waals surface area contributed by atoms with Crippen LogP contribution >= 0.6 is 24.0 Å². The van der Waals surface area contributed by atoms with E-state index >= 15 is 0 Å². The number of nitrogens with one attached hydrogen (secondary N) is 2. The average molecular weight is 547 g/mol. The van der Waals surface area contributed by atoms with Crippen molar-refractivity contribution in [3.8, 4) is 0 Å². The fourth-order valence-electron chi connectivity index (χ4n) is 4.13. The molecular formula is C21H38IN7O2. The van der Waals surface area contributed by atoms with E-state index in [9.17, 15) is 4.79 Å². The minimum absolute atomic E-state index is 0. The Morgan fingerprint density at radius 2 is 2.06 bits per heavy atom. The molecule has 0 aliphatic carbocycles. The topological polar surface area (TPSA) is 96.7 Å². The van der Waals surface area contributed by atoms with Gasteiger partial charge in [-0.25, -0.2) is 14.5 Å². The van der Waals surface area contributed by atoms with E-state index in [1.54, 1.807) is 7.05 Å². The summed E-state index contributed by atoms with van der Waals surface area (Å²) in [4.78, 5) is 23.0. The van der Waals surface area contributed by atoms with Gasteiger partial charge >= 0.3 is 6.09 Å². The number of fused-ring (bicyclic) bond motifs is 1. The molecular weight excluding hydrogens is 509 g/mol. The number of ether oxygens (including phenoxy) is 1. The van der Waals surface area contributed by atoms with Crippen molar-refractivity contribution in [2.75, 3.05) is 26.7 Å². The number of rotatable bonds is 4. The van der Waals surface area contributed by atoms with Crippen LogP contribution in [-0.2, 0) is 17.7 Å². The third kappa shape index (κ3) is 7.80. The van der Waals surface area contributed by atoms with E-state index in [4.69, 9.17) is 4.74 Å². The molecule has 2 aliphatic heterocycles. The van der Waals surface area contributed by atoms with Crippen molar-refractivity contribution >= 4 is 36.0 Å². The molecule has 9 nitrogen and oxygen atoms in total. The van der Waals surface area contributed by atoms with Crippen LogP contribution in [0.4, 0.5) is 4.79 Å². The van der Waals surface area contributed by atoms with Gasteiger partial charge in [0, 0.05) is 39.1 Å². The molecule has 1 aromatic rings. The first-order valence-electron chi connectivity index (χ1n) is 11.1. The van der Waals surface area contributed by atoms with Gasteiger partial charge < -0.3 is 20.3 Å². The molecule has 2 unspecified atom stereocenters. The molecule has 0 radical (unpaired) electrons. The molecule has 1 amide bonds. The molecule has 31 heavy (non-hydrogen) atoms. The van der Waals surface area contributed by atoms with E-state index in [1.807, 2.05) is 37.3 Å². The lowest BCUT2D eigenvalue weighted by Crippen LogP contribution is -2.48. The molecule has 1 saturated heterocycles. The van der Waals surface area contributed by atoms with E-state index in [1.165, 1.54) is 0 Å². The molecule has 1 aromatic heterocycles. The van der Waals surface area contributed by atoms with Crippen molar-refractivity contribution < 1.29 is 9.53 Å². The molecule has 10 heteroatoms. The molecule has 3 heterocycles. The number of amides is 1. The highest BCUT2D eigenvalue weighted by Crippen LogP contribution is 2.21. The first kappa shape index (κ1) is 25.7. The van der Waals surface area contributed by atoms with Gasteiger partial charge in [0.1, 0.15) is 17.2 Å². The molecule has 2 N–H and O–H groups in total. The minimum atomic E-state index is -0.450. The number of carbonyl (C=O) groups is 1. The number of hydrogen-bond donors (Lipinski definition) is 2. The van der Waals surface area contributed by atoms with E-state index in [2.05, 4.69) is 25.7 Å². The number of piperidine rings is 1. The van der Waals surface area contributed by atoms with Crippen molar-refractivity contribution in [2.45, 2.75) is 78.0 Å². The Labute approximate surface area is 202 Å². The first-order chi connectivity index (χ1) is 14.2. The smallest absolute Gasteiger partial charge is 0.410 e. The van der Waals surface area contributed by atoms with Crippen molar-refractivity contribution in [1.82, 2.24) is 30.3 Å². The summed E-state index contributed by atoms with van der Waals surface area (Å²) in [6.45, 7) is 10.8. The number of guanidine groups is 1. The Hall–Kier alpha value is -1.59. The van der Waals surface area contributed by atoms with Crippen LogP contribution in [0.2, 0.25) is 0 Å². The fourth-order valence-corrected chi connectivity index (χ4v) is 4.13. The second-order valence-corrected chi connectivity index (χ2v) is 9.36. The average Bonchev–Trinajstić information content (AvgIpc) is 3.05. The van der Waals surface area contributed by atoms with Crippen LogP contribution in [-0.4, -0.2) is 70.0 Å². The van der Waals surface area contributed by atoms with Gasteiger partial charge in [0.05, 0.1) is 6.54 Å². The summed E-state index contributed by atoms with van der Waals surface area (Å²) in [7, 11) is 1.80. The molecule has 0 saturated carbocycles. The van der Waals surface area contributed by atoms with Crippen LogP contribution in [0.3, 0.4) is 0 Å². The summed E-state index contributed by atoms with van der Waals surface area (Å²) in [6.07, 6.45) is 4.92. The van der Waals surface area contributed by atoms with Gasteiger partial charge in [0.2, 0.25) is 0 Å². The Bertz CT molecular complexity index is 759. The zero-order valence-corrected chi connectivity index (χ0v) is 21.8. The highest BCUT2D eigenvalue weighted by Gasteiger charge is 2.27. The summed E-state index contributed by atoms with van der Waals surface area (Å²) in [5, 5.41) is 11.4. The minimum Gasteiger partial charge on any atom is -0.444 e. The van der Waals surface area contributed by atoms with E-state index in [0.29, 0.717) is 12.0 Å². The first-order valence-corrected chi connectivity index (χ1v) is 11.1. The number of halogens is 1. The van der Waals surface area contributed by atoms with Gasteiger partial charge in [-0.1, -0.05) is 0 Å². The van der Waals surface area contributed by atoms with Crippen LogP contribution in [0.15, 0.2) is 4.99 Å². The number of aryl methyl sites for hydroxylation is 2. The Kier molecular flexibility index (Phi) is 9.38. The van der Waals surface area contributed by atoms with Crippen LogP contribution in [0.25, 0.3) is 0 Å². The summed E-state index contributed by atoms with van der Waals surface area (Å²) >= 11 is 0. The number of carbonyl (C=O) groups excluding carboxylic acids is 1. The van der Waals surface area contributed by atoms with Gasteiger partial charge in [-0.05, 0) is 59.3 Å². The van der Waals surface area contributed by atoms with Crippen LogP contribution in [0, 0.1) is 12.8 Å². The van der Waals surface area contributed by atoms with Gasteiger partial charge in [-0.3, -0.25) is 4.99 Å². The van der Waals surface area contributed by atoms with Crippen molar-refractivity contribution in [3.63, 3.8) is 0 Å². The maximum absolute atomic E-state index is 12.3. The van der Waals surface area contributed by atoms with Crippen LogP contribution < -0.4 is 10.6 Å². The highest BCUT2D eigenvalue weighted by atomic mass is 127. The molecule has 1 fully saturated rings. The lowest BCUT2D eigenvalue weighted by atomic mass is 9.95. The van der Waals surface area contributed by atoms with Gasteiger partial charge in [-0.15, -0.1) is 24.0 Å². The summed E-state index contributed by atoms with van der Waals surface area (Å²) in [5.41, 5.74) is -0.450. The zero-order valence-electron chi connectivity index (χ0n) is 19.5. The second kappa shape index (κ2) is 11.3. The van der Waals surface area contributed by atoms with E-state index < -0.39 is 5.60 Å². The summed E-state index contributed by atoms with van der Waals surface area (Å²) in [6, 6.07) is 0.294. The van der Waals surface area contributed by atoms with Crippen molar-refractivity contribution in [2.24, 2.45) is 10.9 Å². The lowest BCUT2D eigenvalue weighted by molar-refractivity contribution is 0.0162. The Morgan fingerprint density at radius 1 is 1.29 bits per heavy atom. The molecule has 2 atom stereocenters. The lowest BCUT2D eigenvalue weighted by Gasteiger charge is -2.34. The quantitative estimate of drug-likeness (QED) is 0.342. The molecule has 0 spiro atoms. The van der Waals surface area contributed by atoms with Crippen LogP contribution in [0.5, 0.6) is 0 Å². The largest absolute Gasteiger partial charge is 0.444 e. The van der Waals surface area contributed by atoms with E-state index in [-0.39, 0.29) is 30.1 Å². The highest BCUT2D eigenvalue weighted by molar-refractivity contribution is 14.0. The van der Waals surface area contributed by atoms with Gasteiger partial charge in [0.25, 0.3) is 0 Å². The molecule has 3 rings (SSSR count).